The van der Waals surface area contributed by atoms with Gasteiger partial charge in [0.15, 0.2) is 0 Å². The maximum Gasteiger partial charge on any atom is 0.416 e. The van der Waals surface area contributed by atoms with Crippen molar-refractivity contribution in [3.8, 4) is 0 Å². The van der Waals surface area contributed by atoms with E-state index in [-0.39, 0.29) is 18.0 Å². The third kappa shape index (κ3) is 3.86. The third-order valence-electron chi connectivity index (χ3n) is 4.62. The smallest absolute Gasteiger partial charge is 0.387 e. The van der Waals surface area contributed by atoms with Gasteiger partial charge in [-0.25, -0.2) is 0 Å². The fourth-order valence-corrected chi connectivity index (χ4v) is 3.15. The molecule has 7 heteroatoms. The number of aliphatic hydroxyl groups is 1. The van der Waals surface area contributed by atoms with Crippen LogP contribution >= 0.6 is 11.6 Å². The number of alkyl halides is 3. The quantitative estimate of drug-likeness (QED) is 0.811. The Kier molecular flexibility index (Phi) is 4.99. The molecule has 2 aromatic rings. The molecule has 0 heterocycles. The highest BCUT2D eigenvalue weighted by Gasteiger charge is 2.51. The average molecular weight is 384 g/mol. The van der Waals surface area contributed by atoms with Crippen LogP contribution in [0, 0.1) is 0 Å². The highest BCUT2D eigenvalue weighted by atomic mass is 35.5. The van der Waals surface area contributed by atoms with E-state index in [1.54, 1.807) is 18.2 Å². The van der Waals surface area contributed by atoms with Crippen LogP contribution in [0.1, 0.15) is 35.6 Å². The predicted octanol–water partition coefficient (Wildman–Crippen LogP) is 4.24. The zero-order valence-corrected chi connectivity index (χ0v) is 14.4. The molecule has 2 aromatic carbocycles. The number of carbonyl (C=O) groups excluding carboxylic acids is 1. The molecule has 1 aliphatic carbocycles. The van der Waals surface area contributed by atoms with Crippen molar-refractivity contribution in [1.29, 1.82) is 0 Å². The number of amides is 1. The third-order valence-corrected chi connectivity index (χ3v) is 4.85. The van der Waals surface area contributed by atoms with Gasteiger partial charge in [0.2, 0.25) is 5.91 Å². The number of hydrogen-bond acceptors (Lipinski definition) is 2. The summed E-state index contributed by atoms with van der Waals surface area (Å²) in [6.45, 7) is -0.164. The molecule has 1 fully saturated rings. The first-order valence-corrected chi connectivity index (χ1v) is 8.50. The lowest BCUT2D eigenvalue weighted by Crippen LogP contribution is -2.37. The standard InChI is InChI=1S/C19H17ClF3NO2/c20-15-6-2-4-13(10-15)18(7-8-18)17(26)24-11-16(25)12-3-1-5-14(9-12)19(21,22)23/h1-6,9-10,16,25H,7-8,11H2,(H,24,26). The fraction of sp³-hybridized carbons (Fsp3) is 0.316. The molecule has 0 saturated heterocycles. The molecule has 26 heavy (non-hydrogen) atoms. The Hall–Kier alpha value is -2.05. The van der Waals surface area contributed by atoms with Crippen LogP contribution in [0.2, 0.25) is 5.02 Å². The summed E-state index contributed by atoms with van der Waals surface area (Å²) in [7, 11) is 0. The monoisotopic (exact) mass is 383 g/mol. The summed E-state index contributed by atoms with van der Waals surface area (Å²) in [5.74, 6) is -0.259. The van der Waals surface area contributed by atoms with E-state index < -0.39 is 23.3 Å². The first-order chi connectivity index (χ1) is 12.2. The van der Waals surface area contributed by atoms with Crippen LogP contribution in [0.5, 0.6) is 0 Å². The topological polar surface area (TPSA) is 49.3 Å². The minimum atomic E-state index is -4.48. The number of hydrogen-bond donors (Lipinski definition) is 2. The second-order valence-corrected chi connectivity index (χ2v) is 6.88. The molecule has 0 radical (unpaired) electrons. The summed E-state index contributed by atoms with van der Waals surface area (Å²) < 4.78 is 38.3. The molecule has 138 valence electrons. The van der Waals surface area contributed by atoms with Crippen molar-refractivity contribution in [3.05, 3.63) is 70.2 Å². The molecule has 3 rings (SSSR count). The van der Waals surface area contributed by atoms with Gasteiger partial charge in [0.05, 0.1) is 17.1 Å². The Bertz CT molecular complexity index is 818. The number of benzene rings is 2. The molecule has 1 saturated carbocycles. The zero-order chi connectivity index (χ0) is 18.9. The lowest BCUT2D eigenvalue weighted by molar-refractivity contribution is -0.137. The largest absolute Gasteiger partial charge is 0.416 e. The summed E-state index contributed by atoms with van der Waals surface area (Å²) in [6.07, 6.45) is -4.38. The van der Waals surface area contributed by atoms with Gasteiger partial charge in [-0.2, -0.15) is 13.2 Å². The van der Waals surface area contributed by atoms with Gasteiger partial charge in [-0.3, -0.25) is 4.79 Å². The van der Waals surface area contributed by atoms with Gasteiger partial charge in [0, 0.05) is 11.6 Å². The molecule has 0 aromatic heterocycles. The molecule has 0 spiro atoms. The number of nitrogens with one attached hydrogen (secondary N) is 1. The van der Waals surface area contributed by atoms with Gasteiger partial charge in [0.1, 0.15) is 0 Å². The minimum Gasteiger partial charge on any atom is -0.387 e. The van der Waals surface area contributed by atoms with E-state index in [1.165, 1.54) is 12.1 Å². The summed E-state index contributed by atoms with van der Waals surface area (Å²) in [6, 6.07) is 11.5. The molecule has 0 bridgehead atoms. The second-order valence-electron chi connectivity index (χ2n) is 6.44. The van der Waals surface area contributed by atoms with Gasteiger partial charge in [-0.05, 0) is 48.2 Å². The Balaban J connectivity index is 1.66. The zero-order valence-electron chi connectivity index (χ0n) is 13.7. The van der Waals surface area contributed by atoms with Crippen molar-refractivity contribution >= 4 is 17.5 Å². The molecule has 1 atom stereocenters. The number of rotatable bonds is 5. The summed E-state index contributed by atoms with van der Waals surface area (Å²) in [5, 5.41) is 13.3. The normalized spacial score (nSPS) is 16.8. The highest BCUT2D eigenvalue weighted by Crippen LogP contribution is 2.48. The summed E-state index contributed by atoms with van der Waals surface area (Å²) in [5.41, 5.74) is -0.597. The predicted molar refractivity (Wildman–Crippen MR) is 91.8 cm³/mol. The Morgan fingerprint density at radius 2 is 1.88 bits per heavy atom. The molecule has 1 amide bonds. The van der Waals surface area contributed by atoms with Crippen LogP contribution < -0.4 is 5.32 Å². The van der Waals surface area contributed by atoms with Gasteiger partial charge in [-0.1, -0.05) is 35.9 Å². The Morgan fingerprint density at radius 1 is 1.19 bits per heavy atom. The van der Waals surface area contributed by atoms with Crippen LogP contribution in [-0.2, 0) is 16.4 Å². The summed E-state index contributed by atoms with van der Waals surface area (Å²) >= 11 is 5.98. The van der Waals surface area contributed by atoms with E-state index in [0.717, 1.165) is 17.7 Å². The maximum atomic E-state index is 12.8. The van der Waals surface area contributed by atoms with Crippen LogP contribution in [-0.4, -0.2) is 17.6 Å². The molecular weight excluding hydrogens is 367 g/mol. The van der Waals surface area contributed by atoms with Crippen LogP contribution in [0.25, 0.3) is 0 Å². The van der Waals surface area contributed by atoms with Crippen LogP contribution in [0.3, 0.4) is 0 Å². The average Bonchev–Trinajstić information content (AvgIpc) is 3.41. The van der Waals surface area contributed by atoms with Gasteiger partial charge >= 0.3 is 6.18 Å². The number of carbonyl (C=O) groups is 1. The molecule has 2 N–H and O–H groups in total. The van der Waals surface area contributed by atoms with Crippen molar-refractivity contribution in [2.45, 2.75) is 30.5 Å². The van der Waals surface area contributed by atoms with E-state index in [9.17, 15) is 23.1 Å². The first-order valence-electron chi connectivity index (χ1n) is 8.12. The van der Waals surface area contributed by atoms with Crippen LogP contribution in [0.4, 0.5) is 13.2 Å². The van der Waals surface area contributed by atoms with E-state index in [2.05, 4.69) is 5.32 Å². The van der Waals surface area contributed by atoms with Gasteiger partial charge in [0.25, 0.3) is 0 Å². The van der Waals surface area contributed by atoms with Crippen molar-refractivity contribution < 1.29 is 23.1 Å². The van der Waals surface area contributed by atoms with Crippen LogP contribution in [0.15, 0.2) is 48.5 Å². The van der Waals surface area contributed by atoms with Gasteiger partial charge < -0.3 is 10.4 Å². The molecule has 1 aliphatic rings. The number of halogens is 4. The molecule has 1 unspecified atom stereocenters. The lowest BCUT2D eigenvalue weighted by Gasteiger charge is -2.19. The van der Waals surface area contributed by atoms with Gasteiger partial charge in [-0.15, -0.1) is 0 Å². The summed E-state index contributed by atoms with van der Waals surface area (Å²) in [4.78, 5) is 12.6. The van der Waals surface area contributed by atoms with Crippen molar-refractivity contribution in [2.24, 2.45) is 0 Å². The van der Waals surface area contributed by atoms with Crippen molar-refractivity contribution in [3.63, 3.8) is 0 Å². The molecule has 0 aliphatic heterocycles. The Labute approximate surface area is 153 Å². The minimum absolute atomic E-state index is 0.104. The molecule has 3 nitrogen and oxygen atoms in total. The number of aliphatic hydroxyl groups excluding tert-OH is 1. The van der Waals surface area contributed by atoms with E-state index >= 15 is 0 Å². The fourth-order valence-electron chi connectivity index (χ4n) is 2.96. The van der Waals surface area contributed by atoms with Crippen molar-refractivity contribution in [2.75, 3.05) is 6.54 Å². The van der Waals surface area contributed by atoms with E-state index in [4.69, 9.17) is 11.6 Å². The first kappa shape index (κ1) is 18.7. The van der Waals surface area contributed by atoms with E-state index in [1.807, 2.05) is 6.07 Å². The molecular formula is C19H17ClF3NO2. The lowest BCUT2D eigenvalue weighted by atomic mass is 9.95. The van der Waals surface area contributed by atoms with E-state index in [0.29, 0.717) is 17.9 Å². The van der Waals surface area contributed by atoms with Crippen molar-refractivity contribution in [1.82, 2.24) is 5.32 Å². The SMILES string of the molecule is O=C(NCC(O)c1cccc(C(F)(F)F)c1)C1(c2cccc(Cl)c2)CC1. The Morgan fingerprint density at radius 3 is 2.50 bits per heavy atom. The maximum absolute atomic E-state index is 12.8. The second kappa shape index (κ2) is 6.93. The highest BCUT2D eigenvalue weighted by molar-refractivity contribution is 6.30.